The van der Waals surface area contributed by atoms with Gasteiger partial charge in [0.1, 0.15) is 17.0 Å². The molecular formula is C15H12BrN3O2S. The fraction of sp³-hybridized carbons (Fsp3) is 0.133. The van der Waals surface area contributed by atoms with E-state index in [1.165, 1.54) is 17.7 Å². The molecule has 0 saturated carbocycles. The molecular weight excluding hydrogens is 366 g/mol. The van der Waals surface area contributed by atoms with Crippen molar-refractivity contribution in [2.24, 2.45) is 0 Å². The Bertz CT molecular complexity index is 835. The highest BCUT2D eigenvalue weighted by Crippen LogP contribution is 2.33. The fourth-order valence-corrected chi connectivity index (χ4v) is 3.28. The first-order valence-corrected chi connectivity index (χ1v) is 8.29. The van der Waals surface area contributed by atoms with Gasteiger partial charge in [0.05, 0.1) is 23.2 Å². The van der Waals surface area contributed by atoms with Crippen molar-refractivity contribution in [3.63, 3.8) is 0 Å². The number of esters is 1. The minimum Gasteiger partial charge on any atom is -0.462 e. The fourth-order valence-electron chi connectivity index (χ4n) is 2.02. The molecule has 1 N–H and O–H groups in total. The van der Waals surface area contributed by atoms with Crippen molar-refractivity contribution in [3.8, 4) is 0 Å². The molecule has 0 unspecified atom stereocenters. The van der Waals surface area contributed by atoms with E-state index in [0.717, 1.165) is 15.0 Å². The van der Waals surface area contributed by atoms with E-state index in [2.05, 4.69) is 31.2 Å². The van der Waals surface area contributed by atoms with E-state index in [4.69, 9.17) is 4.74 Å². The van der Waals surface area contributed by atoms with Crippen molar-refractivity contribution in [3.05, 3.63) is 46.0 Å². The Kier molecular flexibility index (Phi) is 4.35. The molecule has 3 aromatic rings. The summed E-state index contributed by atoms with van der Waals surface area (Å²) in [5, 5.41) is 5.67. The molecule has 5 nitrogen and oxygen atoms in total. The number of aromatic nitrogens is 2. The van der Waals surface area contributed by atoms with Crippen molar-refractivity contribution >= 4 is 55.0 Å². The minimum atomic E-state index is -0.362. The van der Waals surface area contributed by atoms with Gasteiger partial charge in [0.15, 0.2) is 0 Å². The van der Waals surface area contributed by atoms with Gasteiger partial charge in [0, 0.05) is 9.85 Å². The lowest BCUT2D eigenvalue weighted by atomic mass is 10.2. The summed E-state index contributed by atoms with van der Waals surface area (Å²) in [7, 11) is 0. The summed E-state index contributed by atoms with van der Waals surface area (Å²) in [6.07, 6.45) is 1.48. The van der Waals surface area contributed by atoms with Crippen molar-refractivity contribution < 1.29 is 9.53 Å². The first-order chi connectivity index (χ1) is 10.7. The molecule has 1 aromatic carbocycles. The molecule has 0 fully saturated rings. The maximum atomic E-state index is 12.1. The Labute approximate surface area is 139 Å². The van der Waals surface area contributed by atoms with Crippen LogP contribution in [-0.4, -0.2) is 22.5 Å². The predicted octanol–water partition coefficient (Wildman–Crippen LogP) is 4.37. The van der Waals surface area contributed by atoms with Gasteiger partial charge >= 0.3 is 5.97 Å². The summed E-state index contributed by atoms with van der Waals surface area (Å²) in [4.78, 5) is 21.3. The largest absolute Gasteiger partial charge is 0.462 e. The molecule has 0 spiro atoms. The molecule has 2 heterocycles. The molecule has 0 aliphatic rings. The zero-order chi connectivity index (χ0) is 15.5. The van der Waals surface area contributed by atoms with Crippen LogP contribution in [0.1, 0.15) is 17.3 Å². The van der Waals surface area contributed by atoms with Gasteiger partial charge in [0.2, 0.25) is 0 Å². The van der Waals surface area contributed by atoms with Crippen LogP contribution in [0.2, 0.25) is 0 Å². The first kappa shape index (κ1) is 14.9. The number of thiophene rings is 1. The van der Waals surface area contributed by atoms with Gasteiger partial charge in [-0.05, 0) is 35.0 Å². The number of hydrogen-bond acceptors (Lipinski definition) is 6. The van der Waals surface area contributed by atoms with Crippen LogP contribution in [0.5, 0.6) is 0 Å². The maximum Gasteiger partial charge on any atom is 0.339 e. The average Bonchev–Trinajstić information content (AvgIpc) is 2.95. The third-order valence-electron chi connectivity index (χ3n) is 2.99. The van der Waals surface area contributed by atoms with E-state index in [1.807, 2.05) is 24.3 Å². The monoisotopic (exact) mass is 377 g/mol. The molecule has 0 saturated heterocycles. The molecule has 2 aromatic heterocycles. The van der Waals surface area contributed by atoms with E-state index < -0.39 is 0 Å². The molecule has 0 atom stereocenters. The van der Waals surface area contributed by atoms with Gasteiger partial charge in [-0.15, -0.1) is 11.3 Å². The van der Waals surface area contributed by atoms with Gasteiger partial charge in [-0.25, -0.2) is 14.8 Å². The zero-order valence-electron chi connectivity index (χ0n) is 11.7. The second kappa shape index (κ2) is 6.41. The smallest absolute Gasteiger partial charge is 0.339 e. The number of ether oxygens (including phenoxy) is 1. The standard InChI is InChI=1S/C15H12BrN3O2S/c1-2-21-15(20)9-7-22-14-12(9)13(17-8-18-14)19-11-6-4-3-5-10(11)16/h3-8H,2H2,1H3,(H,17,18,19). The number of benzene rings is 1. The number of hydrogen-bond donors (Lipinski definition) is 1. The molecule has 0 radical (unpaired) electrons. The van der Waals surface area contributed by atoms with Crippen LogP contribution in [0.15, 0.2) is 40.4 Å². The SMILES string of the molecule is CCOC(=O)c1csc2ncnc(Nc3ccccc3Br)c12. The average molecular weight is 378 g/mol. The molecule has 0 bridgehead atoms. The summed E-state index contributed by atoms with van der Waals surface area (Å²) >= 11 is 4.88. The van der Waals surface area contributed by atoms with E-state index in [1.54, 1.807) is 12.3 Å². The number of para-hydroxylation sites is 1. The van der Waals surface area contributed by atoms with E-state index in [-0.39, 0.29) is 5.97 Å². The molecule has 3 rings (SSSR count). The number of halogens is 1. The highest BCUT2D eigenvalue weighted by Gasteiger charge is 2.18. The van der Waals surface area contributed by atoms with Crippen LogP contribution in [0, 0.1) is 0 Å². The summed E-state index contributed by atoms with van der Waals surface area (Å²) in [5.74, 6) is 0.222. The Morgan fingerprint density at radius 2 is 2.18 bits per heavy atom. The van der Waals surface area contributed by atoms with E-state index in [0.29, 0.717) is 23.4 Å². The molecule has 22 heavy (non-hydrogen) atoms. The van der Waals surface area contributed by atoms with Crippen molar-refractivity contribution in [1.29, 1.82) is 0 Å². The van der Waals surface area contributed by atoms with Crippen LogP contribution in [-0.2, 0) is 4.74 Å². The Hall–Kier alpha value is -1.99. The summed E-state index contributed by atoms with van der Waals surface area (Å²) < 4.78 is 6.01. The van der Waals surface area contributed by atoms with Crippen LogP contribution in [0.3, 0.4) is 0 Å². The lowest BCUT2D eigenvalue weighted by molar-refractivity contribution is 0.0529. The molecule has 7 heteroatoms. The Morgan fingerprint density at radius 3 is 2.95 bits per heavy atom. The topological polar surface area (TPSA) is 64.1 Å². The van der Waals surface area contributed by atoms with Gasteiger partial charge in [-0.2, -0.15) is 0 Å². The molecule has 112 valence electrons. The third-order valence-corrected chi connectivity index (χ3v) is 4.57. The number of rotatable bonds is 4. The van der Waals surface area contributed by atoms with Crippen molar-refractivity contribution in [1.82, 2.24) is 9.97 Å². The Morgan fingerprint density at radius 1 is 1.36 bits per heavy atom. The highest BCUT2D eigenvalue weighted by atomic mass is 79.9. The van der Waals surface area contributed by atoms with Gasteiger partial charge in [0.25, 0.3) is 0 Å². The van der Waals surface area contributed by atoms with E-state index in [9.17, 15) is 4.79 Å². The second-order valence-corrected chi connectivity index (χ2v) is 6.09. The quantitative estimate of drug-likeness (QED) is 0.683. The third kappa shape index (κ3) is 2.82. The normalized spacial score (nSPS) is 10.6. The van der Waals surface area contributed by atoms with Crippen LogP contribution >= 0.6 is 27.3 Å². The van der Waals surface area contributed by atoms with Gasteiger partial charge < -0.3 is 10.1 Å². The first-order valence-electron chi connectivity index (χ1n) is 6.61. The number of carbonyl (C=O) groups is 1. The highest BCUT2D eigenvalue weighted by molar-refractivity contribution is 9.10. The number of anilines is 2. The van der Waals surface area contributed by atoms with Gasteiger partial charge in [-0.3, -0.25) is 0 Å². The number of nitrogens with zero attached hydrogens (tertiary/aromatic N) is 2. The second-order valence-electron chi connectivity index (χ2n) is 4.38. The lowest BCUT2D eigenvalue weighted by Crippen LogP contribution is -2.05. The summed E-state index contributed by atoms with van der Waals surface area (Å²) in [5.41, 5.74) is 1.35. The van der Waals surface area contributed by atoms with Crippen molar-refractivity contribution in [2.75, 3.05) is 11.9 Å². The zero-order valence-corrected chi connectivity index (χ0v) is 14.1. The maximum absolute atomic E-state index is 12.1. The molecule has 0 amide bonds. The minimum absolute atomic E-state index is 0.330. The number of nitrogens with one attached hydrogen (secondary N) is 1. The lowest BCUT2D eigenvalue weighted by Gasteiger charge is -2.09. The predicted molar refractivity (Wildman–Crippen MR) is 90.8 cm³/mol. The van der Waals surface area contributed by atoms with Crippen LogP contribution in [0.4, 0.5) is 11.5 Å². The number of fused-ring (bicyclic) bond motifs is 1. The van der Waals surface area contributed by atoms with Crippen LogP contribution in [0.25, 0.3) is 10.2 Å². The van der Waals surface area contributed by atoms with Crippen LogP contribution < -0.4 is 5.32 Å². The van der Waals surface area contributed by atoms with Gasteiger partial charge in [-0.1, -0.05) is 12.1 Å². The van der Waals surface area contributed by atoms with Crippen molar-refractivity contribution in [2.45, 2.75) is 6.92 Å². The molecule has 0 aliphatic heterocycles. The summed E-state index contributed by atoms with van der Waals surface area (Å²) in [6.45, 7) is 2.11. The summed E-state index contributed by atoms with van der Waals surface area (Å²) in [6, 6.07) is 7.71. The Balaban J connectivity index is 2.08. The van der Waals surface area contributed by atoms with E-state index >= 15 is 0 Å². The number of carbonyl (C=O) groups excluding carboxylic acids is 1. The molecule has 0 aliphatic carbocycles.